The van der Waals surface area contributed by atoms with Crippen molar-refractivity contribution in [3.8, 4) is 39.5 Å². The maximum atomic E-state index is 9.43. The third-order valence-corrected chi connectivity index (χ3v) is 3.58. The molecule has 3 nitrogen and oxygen atoms in total. The first-order chi connectivity index (χ1) is 10.7. The molecule has 0 atom stereocenters. The standard InChI is InChI=1S/C19H16O3/c1-22-19-17(13-5-9-15(20)10-6-13)3-2-4-18(19)14-7-11-16(21)12-8-14/h2-12,20-21H,1H3. The van der Waals surface area contributed by atoms with E-state index in [-0.39, 0.29) is 11.5 Å². The molecule has 110 valence electrons. The van der Waals surface area contributed by atoms with Crippen molar-refractivity contribution in [2.75, 3.05) is 7.11 Å². The molecule has 2 N–H and O–H groups in total. The molecule has 0 saturated carbocycles. The van der Waals surface area contributed by atoms with E-state index in [1.807, 2.05) is 42.5 Å². The van der Waals surface area contributed by atoms with Crippen molar-refractivity contribution in [1.82, 2.24) is 0 Å². The first kappa shape index (κ1) is 14.0. The third kappa shape index (κ3) is 2.61. The van der Waals surface area contributed by atoms with Gasteiger partial charge in [-0.2, -0.15) is 0 Å². The topological polar surface area (TPSA) is 49.7 Å². The molecule has 0 aliphatic rings. The van der Waals surface area contributed by atoms with Crippen molar-refractivity contribution < 1.29 is 14.9 Å². The molecule has 3 heteroatoms. The first-order valence-corrected chi connectivity index (χ1v) is 6.95. The van der Waals surface area contributed by atoms with Gasteiger partial charge < -0.3 is 14.9 Å². The second kappa shape index (κ2) is 5.82. The van der Waals surface area contributed by atoms with Crippen LogP contribution in [0.5, 0.6) is 17.2 Å². The normalized spacial score (nSPS) is 10.4. The average Bonchev–Trinajstić information content (AvgIpc) is 2.55. The van der Waals surface area contributed by atoms with Crippen LogP contribution < -0.4 is 4.74 Å². The van der Waals surface area contributed by atoms with E-state index in [0.717, 1.165) is 28.0 Å². The molecule has 22 heavy (non-hydrogen) atoms. The number of hydrogen-bond donors (Lipinski definition) is 2. The van der Waals surface area contributed by atoms with Gasteiger partial charge in [-0.1, -0.05) is 42.5 Å². The van der Waals surface area contributed by atoms with E-state index in [2.05, 4.69) is 0 Å². The van der Waals surface area contributed by atoms with E-state index < -0.39 is 0 Å². The summed E-state index contributed by atoms with van der Waals surface area (Å²) >= 11 is 0. The minimum atomic E-state index is 0.234. The Balaban J connectivity index is 2.15. The molecule has 3 aromatic carbocycles. The van der Waals surface area contributed by atoms with Gasteiger partial charge in [0.15, 0.2) is 0 Å². The molecule has 0 unspecified atom stereocenters. The molecule has 3 rings (SSSR count). The molecule has 0 aliphatic heterocycles. The highest BCUT2D eigenvalue weighted by atomic mass is 16.5. The van der Waals surface area contributed by atoms with Crippen LogP contribution in [-0.4, -0.2) is 17.3 Å². The van der Waals surface area contributed by atoms with Crippen LogP contribution in [0.25, 0.3) is 22.3 Å². The van der Waals surface area contributed by atoms with Gasteiger partial charge in [-0.25, -0.2) is 0 Å². The van der Waals surface area contributed by atoms with Gasteiger partial charge >= 0.3 is 0 Å². The molecule has 0 fully saturated rings. The van der Waals surface area contributed by atoms with E-state index in [4.69, 9.17) is 4.74 Å². The zero-order valence-corrected chi connectivity index (χ0v) is 12.2. The van der Waals surface area contributed by atoms with Crippen molar-refractivity contribution in [1.29, 1.82) is 0 Å². The third-order valence-electron chi connectivity index (χ3n) is 3.58. The Morgan fingerprint density at radius 1 is 0.636 bits per heavy atom. The summed E-state index contributed by atoms with van der Waals surface area (Å²) in [7, 11) is 1.64. The molecule has 0 heterocycles. The highest BCUT2D eigenvalue weighted by molar-refractivity contribution is 5.82. The molecule has 0 spiro atoms. The zero-order chi connectivity index (χ0) is 15.5. The molecular formula is C19H16O3. The Bertz CT molecular complexity index is 711. The fourth-order valence-electron chi connectivity index (χ4n) is 2.49. The summed E-state index contributed by atoms with van der Waals surface area (Å²) in [6, 6.07) is 20.0. The van der Waals surface area contributed by atoms with Gasteiger partial charge in [0.1, 0.15) is 17.2 Å². The van der Waals surface area contributed by atoms with Gasteiger partial charge in [0, 0.05) is 11.1 Å². The number of hydrogen-bond acceptors (Lipinski definition) is 3. The first-order valence-electron chi connectivity index (χ1n) is 6.95. The monoisotopic (exact) mass is 292 g/mol. The van der Waals surface area contributed by atoms with E-state index in [0.29, 0.717) is 0 Å². The van der Waals surface area contributed by atoms with Gasteiger partial charge in [-0.15, -0.1) is 0 Å². The Hall–Kier alpha value is -2.94. The number of ether oxygens (including phenoxy) is 1. The Morgan fingerprint density at radius 2 is 1.05 bits per heavy atom. The summed E-state index contributed by atoms with van der Waals surface area (Å²) in [6.45, 7) is 0. The summed E-state index contributed by atoms with van der Waals surface area (Å²) in [5.74, 6) is 1.23. The van der Waals surface area contributed by atoms with E-state index in [1.165, 1.54) is 0 Å². The lowest BCUT2D eigenvalue weighted by atomic mass is 9.97. The van der Waals surface area contributed by atoms with E-state index >= 15 is 0 Å². The lowest BCUT2D eigenvalue weighted by molar-refractivity contribution is 0.418. The number of aromatic hydroxyl groups is 2. The van der Waals surface area contributed by atoms with Gasteiger partial charge in [-0.3, -0.25) is 0 Å². The SMILES string of the molecule is COc1c(-c2ccc(O)cc2)cccc1-c1ccc(O)cc1. The van der Waals surface area contributed by atoms with Crippen LogP contribution in [0.2, 0.25) is 0 Å². The maximum Gasteiger partial charge on any atom is 0.134 e. The van der Waals surface area contributed by atoms with E-state index in [1.54, 1.807) is 31.4 Å². The molecule has 0 aliphatic carbocycles. The summed E-state index contributed by atoms with van der Waals surface area (Å²) in [5.41, 5.74) is 3.84. The van der Waals surface area contributed by atoms with Crippen LogP contribution in [0.4, 0.5) is 0 Å². The fourth-order valence-corrected chi connectivity index (χ4v) is 2.49. The fraction of sp³-hybridized carbons (Fsp3) is 0.0526. The van der Waals surface area contributed by atoms with Gasteiger partial charge in [0.2, 0.25) is 0 Å². The van der Waals surface area contributed by atoms with Crippen LogP contribution in [0.15, 0.2) is 66.7 Å². The summed E-state index contributed by atoms with van der Waals surface area (Å²) < 4.78 is 5.62. The highest BCUT2D eigenvalue weighted by Gasteiger charge is 2.12. The zero-order valence-electron chi connectivity index (χ0n) is 12.2. The molecule has 0 aromatic heterocycles. The molecule has 0 saturated heterocycles. The van der Waals surface area contributed by atoms with Crippen LogP contribution in [-0.2, 0) is 0 Å². The van der Waals surface area contributed by atoms with Crippen LogP contribution in [0, 0.1) is 0 Å². The minimum absolute atomic E-state index is 0.234. The molecular weight excluding hydrogens is 276 g/mol. The lowest BCUT2D eigenvalue weighted by Gasteiger charge is -2.14. The number of para-hydroxylation sites is 1. The van der Waals surface area contributed by atoms with Crippen molar-refractivity contribution in [2.24, 2.45) is 0 Å². The lowest BCUT2D eigenvalue weighted by Crippen LogP contribution is -1.91. The van der Waals surface area contributed by atoms with Gasteiger partial charge in [-0.05, 0) is 35.4 Å². The minimum Gasteiger partial charge on any atom is -0.508 e. The molecule has 0 radical (unpaired) electrons. The highest BCUT2D eigenvalue weighted by Crippen LogP contribution is 2.39. The quantitative estimate of drug-likeness (QED) is 0.750. The Labute approximate surface area is 129 Å². The predicted molar refractivity (Wildman–Crippen MR) is 87.2 cm³/mol. The van der Waals surface area contributed by atoms with Crippen molar-refractivity contribution in [3.63, 3.8) is 0 Å². The average molecular weight is 292 g/mol. The number of phenols is 2. The van der Waals surface area contributed by atoms with E-state index in [9.17, 15) is 10.2 Å². The summed E-state index contributed by atoms with van der Waals surface area (Å²) in [6.07, 6.45) is 0. The summed E-state index contributed by atoms with van der Waals surface area (Å²) in [4.78, 5) is 0. The second-order valence-corrected chi connectivity index (χ2v) is 4.98. The number of methoxy groups -OCH3 is 1. The smallest absolute Gasteiger partial charge is 0.134 e. The van der Waals surface area contributed by atoms with Crippen molar-refractivity contribution in [2.45, 2.75) is 0 Å². The number of benzene rings is 3. The Kier molecular flexibility index (Phi) is 3.71. The summed E-state index contributed by atoms with van der Waals surface area (Å²) in [5, 5.41) is 18.9. The number of phenolic OH excluding ortho intramolecular Hbond substituents is 2. The number of rotatable bonds is 3. The van der Waals surface area contributed by atoms with Crippen molar-refractivity contribution >= 4 is 0 Å². The molecule has 3 aromatic rings. The van der Waals surface area contributed by atoms with Crippen molar-refractivity contribution in [3.05, 3.63) is 66.7 Å². The van der Waals surface area contributed by atoms with Gasteiger partial charge in [0.05, 0.1) is 7.11 Å². The maximum absolute atomic E-state index is 9.43. The van der Waals surface area contributed by atoms with Crippen LogP contribution >= 0.6 is 0 Å². The predicted octanol–water partition coefficient (Wildman–Crippen LogP) is 4.44. The molecule has 0 bridgehead atoms. The Morgan fingerprint density at radius 3 is 1.41 bits per heavy atom. The largest absolute Gasteiger partial charge is 0.508 e. The van der Waals surface area contributed by atoms with Crippen LogP contribution in [0.3, 0.4) is 0 Å². The van der Waals surface area contributed by atoms with Gasteiger partial charge in [0.25, 0.3) is 0 Å². The molecule has 0 amide bonds. The second-order valence-electron chi connectivity index (χ2n) is 4.98. The van der Waals surface area contributed by atoms with Crippen LogP contribution in [0.1, 0.15) is 0 Å².